The van der Waals surface area contributed by atoms with Gasteiger partial charge in [-0.1, -0.05) is 23.4 Å². The van der Waals surface area contributed by atoms with Crippen molar-refractivity contribution in [2.45, 2.75) is 5.16 Å². The Bertz CT molecular complexity index is 738. The number of ketones is 1. The Morgan fingerprint density at radius 1 is 1.29 bits per heavy atom. The van der Waals surface area contributed by atoms with E-state index in [4.69, 9.17) is 16.0 Å². The summed E-state index contributed by atoms with van der Waals surface area (Å²) in [5, 5.41) is 7.93. The van der Waals surface area contributed by atoms with E-state index < -0.39 is 0 Å². The maximum Gasteiger partial charge on any atom is 0.209 e. The maximum absolute atomic E-state index is 12.0. The number of aromatic nitrogens is 3. The second-order valence-electron chi connectivity index (χ2n) is 4.16. The molecule has 2 heterocycles. The third kappa shape index (κ3) is 3.34. The first-order valence-corrected chi connectivity index (χ1v) is 7.46. The first-order chi connectivity index (χ1) is 10.2. The highest BCUT2D eigenvalue weighted by Crippen LogP contribution is 2.20. The van der Waals surface area contributed by atoms with Gasteiger partial charge in [-0.2, -0.15) is 4.98 Å². The normalized spacial score (nSPS) is 10.7. The van der Waals surface area contributed by atoms with Gasteiger partial charge < -0.3 is 4.42 Å². The van der Waals surface area contributed by atoms with Gasteiger partial charge in [-0.25, -0.2) is 0 Å². The van der Waals surface area contributed by atoms with E-state index in [1.54, 1.807) is 42.7 Å². The van der Waals surface area contributed by atoms with Crippen LogP contribution >= 0.6 is 23.4 Å². The van der Waals surface area contributed by atoms with E-state index >= 15 is 0 Å². The van der Waals surface area contributed by atoms with Crippen molar-refractivity contribution < 1.29 is 9.21 Å². The van der Waals surface area contributed by atoms with Crippen LogP contribution in [0, 0.1) is 0 Å². The van der Waals surface area contributed by atoms with E-state index in [1.165, 1.54) is 11.8 Å². The van der Waals surface area contributed by atoms with Gasteiger partial charge in [-0.05, 0) is 36.4 Å². The van der Waals surface area contributed by atoms with E-state index in [1.807, 2.05) is 0 Å². The van der Waals surface area contributed by atoms with Crippen LogP contribution in [0.15, 0.2) is 52.2 Å². The van der Waals surface area contributed by atoms with Crippen LogP contribution in [0.1, 0.15) is 10.4 Å². The van der Waals surface area contributed by atoms with Gasteiger partial charge in [0.1, 0.15) is 0 Å². The van der Waals surface area contributed by atoms with Gasteiger partial charge in [0.05, 0.1) is 12.0 Å². The minimum Gasteiger partial charge on any atom is -0.461 e. The van der Waals surface area contributed by atoms with Crippen molar-refractivity contribution in [3.8, 4) is 11.6 Å². The Hall–Kier alpha value is -2.05. The van der Waals surface area contributed by atoms with Crippen molar-refractivity contribution in [3.05, 3.63) is 53.2 Å². The number of benzene rings is 1. The fraction of sp³-hybridized carbons (Fsp3) is 0.0714. The second kappa shape index (κ2) is 6.15. The van der Waals surface area contributed by atoms with E-state index in [2.05, 4.69) is 15.2 Å². The van der Waals surface area contributed by atoms with Gasteiger partial charge in [0, 0.05) is 10.6 Å². The molecule has 7 heteroatoms. The molecule has 21 heavy (non-hydrogen) atoms. The van der Waals surface area contributed by atoms with Gasteiger partial charge in [0.15, 0.2) is 17.4 Å². The van der Waals surface area contributed by atoms with Crippen LogP contribution in [-0.4, -0.2) is 26.7 Å². The van der Waals surface area contributed by atoms with Gasteiger partial charge in [-0.3, -0.25) is 9.89 Å². The molecule has 0 atom stereocenters. The largest absolute Gasteiger partial charge is 0.461 e. The molecule has 0 bridgehead atoms. The highest BCUT2D eigenvalue weighted by atomic mass is 35.5. The number of hydrogen-bond acceptors (Lipinski definition) is 5. The summed E-state index contributed by atoms with van der Waals surface area (Å²) >= 11 is 7.06. The predicted octanol–water partition coefficient (Wildman–Crippen LogP) is 3.69. The second-order valence-corrected chi connectivity index (χ2v) is 5.54. The highest BCUT2D eigenvalue weighted by molar-refractivity contribution is 7.99. The number of aromatic amines is 1. The third-order valence-corrected chi connectivity index (χ3v) is 3.82. The van der Waals surface area contributed by atoms with Crippen molar-refractivity contribution in [1.82, 2.24) is 15.2 Å². The molecule has 0 aliphatic carbocycles. The third-order valence-electron chi connectivity index (χ3n) is 2.72. The summed E-state index contributed by atoms with van der Waals surface area (Å²) in [5.41, 5.74) is 0.619. The molecular weight excluding hydrogens is 310 g/mol. The summed E-state index contributed by atoms with van der Waals surface area (Å²) in [4.78, 5) is 16.3. The van der Waals surface area contributed by atoms with E-state index in [9.17, 15) is 4.79 Å². The molecule has 1 aromatic carbocycles. The van der Waals surface area contributed by atoms with Crippen LogP contribution in [0.25, 0.3) is 11.6 Å². The van der Waals surface area contributed by atoms with Crippen molar-refractivity contribution >= 4 is 29.1 Å². The van der Waals surface area contributed by atoms with Crippen molar-refractivity contribution in [1.29, 1.82) is 0 Å². The zero-order chi connectivity index (χ0) is 14.7. The molecule has 0 spiro atoms. The number of rotatable bonds is 5. The van der Waals surface area contributed by atoms with Crippen molar-refractivity contribution in [2.75, 3.05) is 5.75 Å². The van der Waals surface area contributed by atoms with Crippen LogP contribution in [0.2, 0.25) is 5.02 Å². The van der Waals surface area contributed by atoms with E-state index in [-0.39, 0.29) is 11.5 Å². The van der Waals surface area contributed by atoms with Crippen LogP contribution in [0.5, 0.6) is 0 Å². The van der Waals surface area contributed by atoms with Crippen molar-refractivity contribution in [3.63, 3.8) is 0 Å². The average molecular weight is 320 g/mol. The minimum absolute atomic E-state index is 0.000940. The zero-order valence-corrected chi connectivity index (χ0v) is 12.3. The maximum atomic E-state index is 12.0. The molecule has 0 amide bonds. The molecule has 1 N–H and O–H groups in total. The van der Waals surface area contributed by atoms with Crippen molar-refractivity contribution in [2.24, 2.45) is 0 Å². The fourth-order valence-corrected chi connectivity index (χ4v) is 2.50. The van der Waals surface area contributed by atoms with E-state index in [0.717, 1.165) is 0 Å². The van der Waals surface area contributed by atoms with Crippen LogP contribution in [0.3, 0.4) is 0 Å². The summed E-state index contributed by atoms with van der Waals surface area (Å²) in [5.74, 6) is 1.41. The number of furan rings is 1. The lowest BCUT2D eigenvalue weighted by atomic mass is 10.1. The number of thioether (sulfide) groups is 1. The molecule has 0 aliphatic rings. The fourth-order valence-electron chi connectivity index (χ4n) is 1.68. The monoisotopic (exact) mass is 319 g/mol. The van der Waals surface area contributed by atoms with Crippen LogP contribution in [-0.2, 0) is 0 Å². The quantitative estimate of drug-likeness (QED) is 0.573. The number of hydrogen-bond donors (Lipinski definition) is 1. The van der Waals surface area contributed by atoms with Gasteiger partial charge in [0.2, 0.25) is 5.16 Å². The van der Waals surface area contributed by atoms with Gasteiger partial charge in [-0.15, -0.1) is 5.10 Å². The number of nitrogens with one attached hydrogen (secondary N) is 1. The Balaban J connectivity index is 1.62. The van der Waals surface area contributed by atoms with E-state index in [0.29, 0.717) is 27.3 Å². The SMILES string of the molecule is O=C(CSc1n[nH]c(-c2ccco2)n1)c1ccc(Cl)cc1. The standard InChI is InChI=1S/C14H10ClN3O2S/c15-10-5-3-9(4-6-10)11(19)8-21-14-16-13(17-18-14)12-2-1-7-20-12/h1-7H,8H2,(H,16,17,18). The molecule has 0 saturated carbocycles. The Labute approximate surface area is 129 Å². The molecule has 0 saturated heterocycles. The lowest BCUT2D eigenvalue weighted by Gasteiger charge is -1.99. The summed E-state index contributed by atoms with van der Waals surface area (Å²) < 4.78 is 5.22. The summed E-state index contributed by atoms with van der Waals surface area (Å²) in [6.45, 7) is 0. The molecule has 5 nitrogen and oxygen atoms in total. The molecule has 0 unspecified atom stereocenters. The lowest BCUT2D eigenvalue weighted by Crippen LogP contribution is -2.02. The summed E-state index contributed by atoms with van der Waals surface area (Å²) in [6.07, 6.45) is 1.56. The van der Waals surface area contributed by atoms with Crippen LogP contribution in [0.4, 0.5) is 0 Å². The Morgan fingerprint density at radius 3 is 2.81 bits per heavy atom. The topological polar surface area (TPSA) is 71.8 Å². The Morgan fingerprint density at radius 2 is 2.10 bits per heavy atom. The predicted molar refractivity (Wildman–Crippen MR) is 80.6 cm³/mol. The molecule has 0 fully saturated rings. The summed E-state index contributed by atoms with van der Waals surface area (Å²) in [7, 11) is 0. The molecule has 3 rings (SSSR count). The highest BCUT2D eigenvalue weighted by Gasteiger charge is 2.11. The van der Waals surface area contributed by atoms with Gasteiger partial charge >= 0.3 is 0 Å². The number of Topliss-reactive ketones (excluding diaryl/α,β-unsaturated/α-hetero) is 1. The Kier molecular flexibility index (Phi) is 4.08. The van der Waals surface area contributed by atoms with Crippen LogP contribution < -0.4 is 0 Å². The number of halogens is 1. The molecule has 3 aromatic rings. The zero-order valence-electron chi connectivity index (χ0n) is 10.7. The molecular formula is C14H10ClN3O2S. The number of carbonyl (C=O) groups is 1. The number of nitrogens with zero attached hydrogens (tertiary/aromatic N) is 2. The molecule has 0 aliphatic heterocycles. The van der Waals surface area contributed by atoms with Gasteiger partial charge in [0.25, 0.3) is 0 Å². The molecule has 2 aromatic heterocycles. The minimum atomic E-state index is 0.000940. The summed E-state index contributed by atoms with van der Waals surface area (Å²) in [6, 6.07) is 10.4. The lowest BCUT2D eigenvalue weighted by molar-refractivity contribution is 0.102. The molecule has 0 radical (unpaired) electrons. The average Bonchev–Trinajstić information content (AvgIpc) is 3.16. The number of H-pyrrole nitrogens is 1. The first kappa shape index (κ1) is 13.9. The number of carbonyl (C=O) groups excluding carboxylic acids is 1. The molecule has 106 valence electrons. The smallest absolute Gasteiger partial charge is 0.209 e. The first-order valence-electron chi connectivity index (χ1n) is 6.10.